The third-order valence-corrected chi connectivity index (χ3v) is 3.57. The summed E-state index contributed by atoms with van der Waals surface area (Å²) in [6.45, 7) is 4.42. The molecule has 0 atom stereocenters. The molecule has 3 aromatic rings. The zero-order valence-electron chi connectivity index (χ0n) is 10.8. The van der Waals surface area contributed by atoms with E-state index in [2.05, 4.69) is 74.5 Å². The number of fused-ring (bicyclic) bond motifs is 1. The van der Waals surface area contributed by atoms with Crippen molar-refractivity contribution in [3.63, 3.8) is 0 Å². The van der Waals surface area contributed by atoms with E-state index in [9.17, 15) is 0 Å². The summed E-state index contributed by atoms with van der Waals surface area (Å²) in [6.07, 6.45) is 0. The van der Waals surface area contributed by atoms with Gasteiger partial charge >= 0.3 is 0 Å². The van der Waals surface area contributed by atoms with Crippen LogP contribution in [0.25, 0.3) is 21.9 Å². The lowest BCUT2D eigenvalue weighted by Crippen LogP contribution is -1.90. The minimum atomic E-state index is 1.30. The van der Waals surface area contributed by atoms with E-state index in [0.717, 1.165) is 0 Å². The third-order valence-electron chi connectivity index (χ3n) is 3.57. The van der Waals surface area contributed by atoms with Crippen molar-refractivity contribution >= 4 is 10.8 Å². The van der Waals surface area contributed by atoms with Crippen LogP contribution < -0.4 is 0 Å². The number of hydrogen-bond donors (Lipinski definition) is 0. The maximum Gasteiger partial charge on any atom is -0.0119 e. The van der Waals surface area contributed by atoms with Crippen LogP contribution in [-0.2, 0) is 0 Å². The molecule has 0 aromatic heterocycles. The molecule has 0 amide bonds. The van der Waals surface area contributed by atoms with E-state index in [1.54, 1.807) is 0 Å². The standard InChI is InChI=1S/C18H16/c1-13-12-16-10-6-7-11-17(16)14(2)18(13)15-8-4-3-5-9-15/h3-12H,1-2H3. The van der Waals surface area contributed by atoms with Crippen LogP contribution in [0, 0.1) is 13.8 Å². The molecule has 3 aromatic carbocycles. The van der Waals surface area contributed by atoms with Gasteiger partial charge in [-0.25, -0.2) is 0 Å². The van der Waals surface area contributed by atoms with E-state index in [0.29, 0.717) is 0 Å². The fraction of sp³-hybridized carbons (Fsp3) is 0.111. The van der Waals surface area contributed by atoms with Crippen LogP contribution in [-0.4, -0.2) is 0 Å². The third kappa shape index (κ3) is 1.70. The Morgan fingerprint density at radius 3 is 2.17 bits per heavy atom. The minimum absolute atomic E-state index is 1.30. The Labute approximate surface area is 108 Å². The predicted octanol–water partition coefficient (Wildman–Crippen LogP) is 5.12. The first kappa shape index (κ1) is 11.0. The average molecular weight is 232 g/mol. The normalized spacial score (nSPS) is 10.8. The highest BCUT2D eigenvalue weighted by Crippen LogP contribution is 2.32. The van der Waals surface area contributed by atoms with Crippen LogP contribution in [0.2, 0.25) is 0 Å². The number of aryl methyl sites for hydroxylation is 2. The second kappa shape index (κ2) is 4.30. The lowest BCUT2D eigenvalue weighted by Gasteiger charge is -2.13. The molecule has 0 spiro atoms. The Morgan fingerprint density at radius 2 is 1.39 bits per heavy atom. The van der Waals surface area contributed by atoms with Gasteiger partial charge in [-0.05, 0) is 46.9 Å². The molecule has 0 aliphatic heterocycles. The summed E-state index contributed by atoms with van der Waals surface area (Å²) in [5.74, 6) is 0. The quantitative estimate of drug-likeness (QED) is 0.546. The monoisotopic (exact) mass is 232 g/mol. The lowest BCUT2D eigenvalue weighted by molar-refractivity contribution is 1.42. The number of hydrogen-bond acceptors (Lipinski definition) is 0. The maximum absolute atomic E-state index is 2.28. The molecule has 0 fully saturated rings. The molecule has 0 aliphatic rings. The number of rotatable bonds is 1. The molecule has 0 radical (unpaired) electrons. The van der Waals surface area contributed by atoms with Crippen molar-refractivity contribution in [1.82, 2.24) is 0 Å². The summed E-state index contributed by atoms with van der Waals surface area (Å²) in [5, 5.41) is 2.68. The topological polar surface area (TPSA) is 0 Å². The first-order valence-electron chi connectivity index (χ1n) is 6.32. The second-order valence-electron chi connectivity index (χ2n) is 4.78. The smallest absolute Gasteiger partial charge is 0.0119 e. The summed E-state index contributed by atoms with van der Waals surface area (Å²) in [5.41, 5.74) is 5.39. The van der Waals surface area contributed by atoms with E-state index >= 15 is 0 Å². The summed E-state index contributed by atoms with van der Waals surface area (Å²) in [6, 6.07) is 21.5. The molecule has 88 valence electrons. The summed E-state index contributed by atoms with van der Waals surface area (Å²) >= 11 is 0. The molecule has 0 saturated heterocycles. The minimum Gasteiger partial charge on any atom is -0.0622 e. The molecule has 0 nitrogen and oxygen atoms in total. The van der Waals surface area contributed by atoms with Gasteiger partial charge in [-0.2, -0.15) is 0 Å². The molecular weight excluding hydrogens is 216 g/mol. The van der Waals surface area contributed by atoms with Crippen molar-refractivity contribution < 1.29 is 0 Å². The maximum atomic E-state index is 2.28. The van der Waals surface area contributed by atoms with E-state index in [1.807, 2.05) is 0 Å². The van der Waals surface area contributed by atoms with Gasteiger partial charge in [-0.1, -0.05) is 60.7 Å². The fourth-order valence-electron chi connectivity index (χ4n) is 2.75. The Morgan fingerprint density at radius 1 is 0.722 bits per heavy atom. The largest absolute Gasteiger partial charge is 0.0622 e. The molecule has 0 heterocycles. The first-order valence-corrected chi connectivity index (χ1v) is 6.32. The van der Waals surface area contributed by atoms with E-state index in [1.165, 1.54) is 33.0 Å². The Balaban J connectivity index is 2.37. The zero-order valence-corrected chi connectivity index (χ0v) is 10.8. The molecule has 0 unspecified atom stereocenters. The van der Waals surface area contributed by atoms with Gasteiger partial charge < -0.3 is 0 Å². The van der Waals surface area contributed by atoms with Crippen molar-refractivity contribution in [3.05, 3.63) is 71.8 Å². The van der Waals surface area contributed by atoms with Gasteiger partial charge in [0.2, 0.25) is 0 Å². The van der Waals surface area contributed by atoms with Gasteiger partial charge in [-0.3, -0.25) is 0 Å². The van der Waals surface area contributed by atoms with Crippen LogP contribution in [0.5, 0.6) is 0 Å². The van der Waals surface area contributed by atoms with Crippen molar-refractivity contribution in [2.45, 2.75) is 13.8 Å². The van der Waals surface area contributed by atoms with Gasteiger partial charge in [-0.15, -0.1) is 0 Å². The summed E-state index contributed by atoms with van der Waals surface area (Å²) in [7, 11) is 0. The first-order chi connectivity index (χ1) is 8.77. The molecule has 18 heavy (non-hydrogen) atoms. The van der Waals surface area contributed by atoms with Crippen molar-refractivity contribution in [3.8, 4) is 11.1 Å². The van der Waals surface area contributed by atoms with E-state index in [-0.39, 0.29) is 0 Å². The Kier molecular flexibility index (Phi) is 2.64. The molecule has 0 saturated carbocycles. The Hall–Kier alpha value is -2.08. The van der Waals surface area contributed by atoms with Crippen molar-refractivity contribution in [2.75, 3.05) is 0 Å². The van der Waals surface area contributed by atoms with Gasteiger partial charge in [0, 0.05) is 0 Å². The predicted molar refractivity (Wildman–Crippen MR) is 78.9 cm³/mol. The fourth-order valence-corrected chi connectivity index (χ4v) is 2.75. The van der Waals surface area contributed by atoms with Crippen LogP contribution >= 0.6 is 0 Å². The van der Waals surface area contributed by atoms with Crippen molar-refractivity contribution in [1.29, 1.82) is 0 Å². The lowest BCUT2D eigenvalue weighted by atomic mass is 9.91. The van der Waals surface area contributed by atoms with Gasteiger partial charge in [0.25, 0.3) is 0 Å². The number of benzene rings is 3. The summed E-state index contributed by atoms with van der Waals surface area (Å²) in [4.78, 5) is 0. The average Bonchev–Trinajstić information content (AvgIpc) is 2.40. The highest BCUT2D eigenvalue weighted by Gasteiger charge is 2.08. The highest BCUT2D eigenvalue weighted by atomic mass is 14.1. The molecule has 3 rings (SSSR count). The van der Waals surface area contributed by atoms with Crippen LogP contribution in [0.4, 0.5) is 0 Å². The zero-order chi connectivity index (χ0) is 12.5. The van der Waals surface area contributed by atoms with Crippen LogP contribution in [0.1, 0.15) is 11.1 Å². The van der Waals surface area contributed by atoms with E-state index in [4.69, 9.17) is 0 Å². The van der Waals surface area contributed by atoms with Crippen LogP contribution in [0.3, 0.4) is 0 Å². The van der Waals surface area contributed by atoms with Gasteiger partial charge in [0.15, 0.2) is 0 Å². The van der Waals surface area contributed by atoms with E-state index < -0.39 is 0 Å². The summed E-state index contributed by atoms with van der Waals surface area (Å²) < 4.78 is 0. The molecular formula is C18H16. The molecule has 0 aliphatic carbocycles. The Bertz CT molecular complexity index is 694. The second-order valence-corrected chi connectivity index (χ2v) is 4.78. The van der Waals surface area contributed by atoms with Crippen LogP contribution in [0.15, 0.2) is 60.7 Å². The van der Waals surface area contributed by atoms with Gasteiger partial charge in [0.1, 0.15) is 0 Å². The molecule has 0 N–H and O–H groups in total. The van der Waals surface area contributed by atoms with Crippen molar-refractivity contribution in [2.24, 2.45) is 0 Å². The highest BCUT2D eigenvalue weighted by molar-refractivity contribution is 5.93. The van der Waals surface area contributed by atoms with Gasteiger partial charge in [0.05, 0.1) is 0 Å². The SMILES string of the molecule is Cc1cc2ccccc2c(C)c1-c1ccccc1. The molecule has 0 heteroatoms. The molecule has 0 bridgehead atoms.